The van der Waals surface area contributed by atoms with Crippen LogP contribution in [0.2, 0.25) is 0 Å². The minimum atomic E-state index is -2.99. The molecule has 0 heterocycles. The van der Waals surface area contributed by atoms with Crippen LogP contribution in [-0.2, 0) is 17.7 Å². The minimum Gasteiger partial charge on any atom is -0.351 e. The number of hydrogen-bond acceptors (Lipinski definition) is 4. The summed E-state index contributed by atoms with van der Waals surface area (Å²) in [6, 6.07) is 0. The van der Waals surface area contributed by atoms with Crippen LogP contribution in [0, 0.1) is 0 Å². The first-order valence-electron chi connectivity index (χ1n) is 7.19. The molecule has 0 aliphatic carbocycles. The van der Waals surface area contributed by atoms with Gasteiger partial charge in [0.15, 0.2) is 0 Å². The average molecular weight is 278 g/mol. The minimum absolute atomic E-state index is 0.203. The summed E-state index contributed by atoms with van der Waals surface area (Å²) >= 11 is 0. The van der Waals surface area contributed by atoms with Gasteiger partial charge in [0.25, 0.3) is 0 Å². The van der Waals surface area contributed by atoms with E-state index in [-0.39, 0.29) is 5.60 Å². The van der Waals surface area contributed by atoms with E-state index in [2.05, 4.69) is 20.8 Å². The quantitative estimate of drug-likeness (QED) is 0.542. The van der Waals surface area contributed by atoms with Crippen molar-refractivity contribution in [2.75, 3.05) is 19.8 Å². The Morgan fingerprint density at radius 3 is 1.22 bits per heavy atom. The summed E-state index contributed by atoms with van der Waals surface area (Å²) in [6.45, 7) is 13.8. The third kappa shape index (κ3) is 4.97. The molecule has 0 aliphatic rings. The molecule has 0 N–H and O–H groups in total. The van der Waals surface area contributed by atoms with Gasteiger partial charge in [-0.25, -0.2) is 0 Å². The van der Waals surface area contributed by atoms with Crippen LogP contribution in [-0.4, -0.2) is 34.5 Å². The molecule has 0 unspecified atom stereocenters. The maximum atomic E-state index is 6.27. The summed E-state index contributed by atoms with van der Waals surface area (Å²) in [6.07, 6.45) is 2.80. The van der Waals surface area contributed by atoms with Crippen LogP contribution in [0.3, 0.4) is 0 Å². The predicted molar refractivity (Wildman–Crippen MR) is 75.3 cm³/mol. The Bertz CT molecular complexity index is 182. The second-order valence-electron chi connectivity index (χ2n) is 4.14. The Morgan fingerprint density at radius 1 is 0.667 bits per heavy atom. The molecular formula is C13H30O4Si. The fourth-order valence-corrected chi connectivity index (χ4v) is 4.43. The molecule has 0 bridgehead atoms. The lowest BCUT2D eigenvalue weighted by Crippen LogP contribution is -2.55. The molecule has 18 heavy (non-hydrogen) atoms. The van der Waals surface area contributed by atoms with E-state index in [9.17, 15) is 0 Å². The van der Waals surface area contributed by atoms with Crippen LogP contribution >= 0.6 is 0 Å². The van der Waals surface area contributed by atoms with Crippen molar-refractivity contribution in [1.29, 1.82) is 0 Å². The average Bonchev–Trinajstić information content (AvgIpc) is 2.37. The van der Waals surface area contributed by atoms with Crippen LogP contribution in [0.1, 0.15) is 60.8 Å². The summed E-state index contributed by atoms with van der Waals surface area (Å²) in [5.41, 5.74) is -0.203. The lowest BCUT2D eigenvalue weighted by molar-refractivity contribution is -0.0950. The first-order chi connectivity index (χ1) is 8.57. The van der Waals surface area contributed by atoms with E-state index in [0.717, 1.165) is 19.3 Å². The lowest BCUT2D eigenvalue weighted by atomic mass is 9.95. The highest BCUT2D eigenvalue weighted by molar-refractivity contribution is 6.53. The van der Waals surface area contributed by atoms with Gasteiger partial charge in [-0.3, -0.25) is 0 Å². The SMILES string of the molecule is CCO[Si](OCC)(OCC)OC(CC)(CC)CC. The Hall–Kier alpha value is 0.0569. The largest absolute Gasteiger partial charge is 0.680 e. The second kappa shape index (κ2) is 9.04. The van der Waals surface area contributed by atoms with Gasteiger partial charge in [-0.1, -0.05) is 20.8 Å². The van der Waals surface area contributed by atoms with Gasteiger partial charge in [0.2, 0.25) is 0 Å². The van der Waals surface area contributed by atoms with Crippen molar-refractivity contribution in [1.82, 2.24) is 0 Å². The van der Waals surface area contributed by atoms with E-state index in [1.807, 2.05) is 20.8 Å². The Morgan fingerprint density at radius 2 is 1.00 bits per heavy atom. The smallest absolute Gasteiger partial charge is 0.351 e. The lowest BCUT2D eigenvalue weighted by Gasteiger charge is -2.38. The van der Waals surface area contributed by atoms with Gasteiger partial charge in [-0.2, -0.15) is 0 Å². The van der Waals surface area contributed by atoms with Gasteiger partial charge in [-0.15, -0.1) is 0 Å². The van der Waals surface area contributed by atoms with Crippen molar-refractivity contribution < 1.29 is 17.7 Å². The molecule has 0 spiro atoms. The van der Waals surface area contributed by atoms with E-state index >= 15 is 0 Å². The molecule has 0 rings (SSSR count). The van der Waals surface area contributed by atoms with Gasteiger partial charge in [0.1, 0.15) is 0 Å². The van der Waals surface area contributed by atoms with Crippen LogP contribution in [0.4, 0.5) is 0 Å². The summed E-state index contributed by atoms with van der Waals surface area (Å²) < 4.78 is 23.5. The topological polar surface area (TPSA) is 36.9 Å². The number of rotatable bonds is 11. The van der Waals surface area contributed by atoms with Gasteiger partial charge in [-0.05, 0) is 40.0 Å². The van der Waals surface area contributed by atoms with E-state index < -0.39 is 9.05 Å². The van der Waals surface area contributed by atoms with Crippen LogP contribution in [0.5, 0.6) is 0 Å². The van der Waals surface area contributed by atoms with Crippen LogP contribution < -0.4 is 0 Å². The highest BCUT2D eigenvalue weighted by atomic mass is 28.4. The summed E-state index contributed by atoms with van der Waals surface area (Å²) in [4.78, 5) is 0. The van der Waals surface area contributed by atoms with Crippen molar-refractivity contribution >= 4 is 9.05 Å². The van der Waals surface area contributed by atoms with Gasteiger partial charge in [0.05, 0.1) is 5.60 Å². The van der Waals surface area contributed by atoms with Gasteiger partial charge >= 0.3 is 9.05 Å². The first-order valence-corrected chi connectivity index (χ1v) is 8.82. The predicted octanol–water partition coefficient (Wildman–Crippen LogP) is 3.52. The molecule has 5 heteroatoms. The molecule has 0 aromatic heterocycles. The Balaban J connectivity index is 5.02. The van der Waals surface area contributed by atoms with Crippen LogP contribution in [0.25, 0.3) is 0 Å². The zero-order valence-electron chi connectivity index (χ0n) is 12.9. The van der Waals surface area contributed by atoms with Gasteiger partial charge < -0.3 is 17.7 Å². The molecule has 0 radical (unpaired) electrons. The standard InChI is InChI=1S/C13H30O4Si/c1-7-13(8-2,9-3)17-18(14-10-4,15-11-5)16-12-6/h7-12H2,1-6H3. The molecule has 0 fully saturated rings. The maximum Gasteiger partial charge on any atom is 0.680 e. The molecule has 0 aliphatic heterocycles. The molecule has 0 saturated carbocycles. The highest BCUT2D eigenvalue weighted by Gasteiger charge is 2.50. The highest BCUT2D eigenvalue weighted by Crippen LogP contribution is 2.30. The van der Waals surface area contributed by atoms with Crippen molar-refractivity contribution in [2.24, 2.45) is 0 Å². The van der Waals surface area contributed by atoms with Crippen molar-refractivity contribution in [2.45, 2.75) is 66.4 Å². The molecule has 0 aromatic carbocycles. The third-order valence-corrected chi connectivity index (χ3v) is 5.85. The number of hydrogen-bond donors (Lipinski definition) is 0. The van der Waals surface area contributed by atoms with Crippen molar-refractivity contribution in [3.05, 3.63) is 0 Å². The molecule has 0 saturated heterocycles. The summed E-state index contributed by atoms with van der Waals surface area (Å²) in [5.74, 6) is 0. The molecule has 110 valence electrons. The van der Waals surface area contributed by atoms with Crippen molar-refractivity contribution in [3.8, 4) is 0 Å². The molecule has 0 amide bonds. The monoisotopic (exact) mass is 278 g/mol. The van der Waals surface area contributed by atoms with E-state index in [0.29, 0.717) is 19.8 Å². The van der Waals surface area contributed by atoms with E-state index in [1.54, 1.807) is 0 Å². The van der Waals surface area contributed by atoms with E-state index in [4.69, 9.17) is 17.7 Å². The summed E-state index contributed by atoms with van der Waals surface area (Å²) in [5, 5.41) is 0. The fourth-order valence-electron chi connectivity index (χ4n) is 1.98. The Labute approximate surface area is 113 Å². The molecule has 4 nitrogen and oxygen atoms in total. The molecule has 0 aromatic rings. The van der Waals surface area contributed by atoms with Gasteiger partial charge in [0, 0.05) is 19.8 Å². The Kier molecular flexibility index (Phi) is 9.07. The second-order valence-corrected chi connectivity index (χ2v) is 6.21. The third-order valence-electron chi connectivity index (χ3n) is 3.24. The van der Waals surface area contributed by atoms with Crippen LogP contribution in [0.15, 0.2) is 0 Å². The first kappa shape index (κ1) is 18.1. The fraction of sp³-hybridized carbons (Fsp3) is 1.00. The van der Waals surface area contributed by atoms with Crippen molar-refractivity contribution in [3.63, 3.8) is 0 Å². The van der Waals surface area contributed by atoms with E-state index in [1.165, 1.54) is 0 Å². The summed E-state index contributed by atoms with van der Waals surface area (Å²) in [7, 11) is -2.99. The molecule has 0 atom stereocenters. The zero-order valence-corrected chi connectivity index (χ0v) is 13.9. The maximum absolute atomic E-state index is 6.27. The molecular weight excluding hydrogens is 248 g/mol. The zero-order chi connectivity index (χ0) is 14.1. The normalized spacial score (nSPS) is 13.0.